The molecule has 1 aliphatic rings. The minimum atomic E-state index is 0.875. The highest BCUT2D eigenvalue weighted by atomic mass is 16.5. The van der Waals surface area contributed by atoms with E-state index < -0.39 is 0 Å². The van der Waals surface area contributed by atoms with Gasteiger partial charge in [0.25, 0.3) is 0 Å². The Morgan fingerprint density at radius 3 is 3.20 bits per heavy atom. The molecule has 1 aliphatic heterocycles. The molecule has 0 atom stereocenters. The summed E-state index contributed by atoms with van der Waals surface area (Å²) in [7, 11) is 0. The van der Waals surface area contributed by atoms with Crippen molar-refractivity contribution in [2.24, 2.45) is 4.99 Å². The zero-order chi connectivity index (χ0) is 7.23. The van der Waals surface area contributed by atoms with Crippen molar-refractivity contribution in [3.05, 3.63) is 36.2 Å². The molecule has 0 aromatic rings. The maximum absolute atomic E-state index is 8.28. The Hall–Kier alpha value is -1.35. The van der Waals surface area contributed by atoms with Crippen LogP contribution in [0.1, 0.15) is 0 Å². The van der Waals surface area contributed by atoms with Crippen molar-refractivity contribution in [1.29, 1.82) is 0 Å². The van der Waals surface area contributed by atoms with E-state index >= 15 is 0 Å². The lowest BCUT2D eigenvalue weighted by Crippen LogP contribution is -1.94. The SMILES string of the molecule is ON/C=C1/C=CC=NC=C1. The van der Waals surface area contributed by atoms with Gasteiger partial charge in [-0.2, -0.15) is 0 Å². The van der Waals surface area contributed by atoms with E-state index in [1.807, 2.05) is 11.6 Å². The Morgan fingerprint density at radius 2 is 2.40 bits per heavy atom. The van der Waals surface area contributed by atoms with Gasteiger partial charge in [0.05, 0.1) is 0 Å². The molecule has 0 radical (unpaired) electrons. The van der Waals surface area contributed by atoms with Crippen LogP contribution in [0.25, 0.3) is 0 Å². The highest BCUT2D eigenvalue weighted by molar-refractivity contribution is 5.73. The zero-order valence-electron chi connectivity index (χ0n) is 5.36. The number of nitrogens with zero attached hydrogens (tertiary/aromatic N) is 1. The lowest BCUT2D eigenvalue weighted by atomic mass is 10.3. The largest absolute Gasteiger partial charge is 0.292 e. The minimum Gasteiger partial charge on any atom is -0.292 e. The van der Waals surface area contributed by atoms with E-state index in [4.69, 9.17) is 5.21 Å². The fraction of sp³-hybridized carbons (Fsp3) is 0. The van der Waals surface area contributed by atoms with Gasteiger partial charge >= 0.3 is 0 Å². The fourth-order valence-electron chi connectivity index (χ4n) is 0.609. The number of rotatable bonds is 1. The van der Waals surface area contributed by atoms with E-state index in [2.05, 4.69) is 4.99 Å². The van der Waals surface area contributed by atoms with Crippen LogP contribution in [0.2, 0.25) is 0 Å². The first kappa shape index (κ1) is 6.77. The minimum absolute atomic E-state index is 0.875. The van der Waals surface area contributed by atoms with Crippen LogP contribution in [0.5, 0.6) is 0 Å². The molecular weight excluding hydrogens is 128 g/mol. The Morgan fingerprint density at radius 1 is 1.50 bits per heavy atom. The van der Waals surface area contributed by atoms with Crippen LogP contribution in [0.15, 0.2) is 41.2 Å². The van der Waals surface area contributed by atoms with Crippen LogP contribution in [-0.2, 0) is 0 Å². The van der Waals surface area contributed by atoms with Gasteiger partial charge in [-0.1, -0.05) is 6.08 Å². The van der Waals surface area contributed by atoms with E-state index in [9.17, 15) is 0 Å². The van der Waals surface area contributed by atoms with Crippen LogP contribution in [0.3, 0.4) is 0 Å². The third kappa shape index (κ3) is 1.87. The van der Waals surface area contributed by atoms with E-state index in [1.54, 1.807) is 24.6 Å². The van der Waals surface area contributed by atoms with Gasteiger partial charge < -0.3 is 0 Å². The second-order valence-electron chi connectivity index (χ2n) is 1.75. The number of nitrogens with one attached hydrogen (secondary N) is 1. The smallest absolute Gasteiger partial charge is 0.0313 e. The number of hydrogen-bond donors (Lipinski definition) is 2. The molecule has 3 nitrogen and oxygen atoms in total. The van der Waals surface area contributed by atoms with Gasteiger partial charge in [0, 0.05) is 18.6 Å². The van der Waals surface area contributed by atoms with Gasteiger partial charge in [0.15, 0.2) is 0 Å². The summed E-state index contributed by atoms with van der Waals surface area (Å²) in [6, 6.07) is 0. The molecule has 0 amide bonds. The molecule has 1 rings (SSSR count). The first-order valence-corrected chi connectivity index (χ1v) is 2.89. The van der Waals surface area contributed by atoms with Crippen molar-refractivity contribution in [3.8, 4) is 0 Å². The topological polar surface area (TPSA) is 44.6 Å². The van der Waals surface area contributed by atoms with Crippen molar-refractivity contribution >= 4 is 6.21 Å². The molecule has 3 heteroatoms. The monoisotopic (exact) mass is 136 g/mol. The van der Waals surface area contributed by atoms with Gasteiger partial charge in [-0.3, -0.25) is 15.7 Å². The van der Waals surface area contributed by atoms with Crippen LogP contribution >= 0.6 is 0 Å². The van der Waals surface area contributed by atoms with Crippen molar-refractivity contribution in [3.63, 3.8) is 0 Å². The third-order valence-electron chi connectivity index (χ3n) is 1.05. The molecule has 0 aliphatic carbocycles. The molecule has 0 spiro atoms. The normalized spacial score (nSPS) is 19.5. The first-order valence-electron chi connectivity index (χ1n) is 2.89. The number of hydroxylamine groups is 1. The molecule has 0 bridgehead atoms. The molecule has 0 saturated heterocycles. The molecule has 1 heterocycles. The first-order chi connectivity index (χ1) is 4.93. The van der Waals surface area contributed by atoms with E-state index in [0.717, 1.165) is 5.57 Å². The number of allylic oxidation sites excluding steroid dienone is 4. The zero-order valence-corrected chi connectivity index (χ0v) is 5.36. The predicted octanol–water partition coefficient (Wildman–Crippen LogP) is 1.00. The predicted molar refractivity (Wildman–Crippen MR) is 39.8 cm³/mol. The van der Waals surface area contributed by atoms with Crippen molar-refractivity contribution < 1.29 is 5.21 Å². The third-order valence-corrected chi connectivity index (χ3v) is 1.05. The molecular formula is C7H8N2O. The molecule has 10 heavy (non-hydrogen) atoms. The van der Waals surface area contributed by atoms with Crippen molar-refractivity contribution in [2.45, 2.75) is 0 Å². The van der Waals surface area contributed by atoms with Crippen LogP contribution in [0, 0.1) is 0 Å². The summed E-state index contributed by atoms with van der Waals surface area (Å²) in [6.07, 6.45) is 10.2. The van der Waals surface area contributed by atoms with Gasteiger partial charge in [-0.15, -0.1) is 0 Å². The average molecular weight is 136 g/mol. The van der Waals surface area contributed by atoms with E-state index in [1.165, 1.54) is 6.20 Å². The van der Waals surface area contributed by atoms with Crippen LogP contribution < -0.4 is 5.48 Å². The summed E-state index contributed by atoms with van der Waals surface area (Å²) in [5.41, 5.74) is 2.82. The fourth-order valence-corrected chi connectivity index (χ4v) is 0.609. The standard InChI is InChI=1S/C7H8N2O/c10-9-6-7-2-1-4-8-5-3-7/h1-6,9-10H/b7-6-. The average Bonchev–Trinajstić information content (AvgIpc) is 2.17. The van der Waals surface area contributed by atoms with Crippen LogP contribution in [0.4, 0.5) is 0 Å². The lowest BCUT2D eigenvalue weighted by Gasteiger charge is -1.89. The van der Waals surface area contributed by atoms with Crippen LogP contribution in [-0.4, -0.2) is 11.4 Å². The summed E-state index contributed by atoms with van der Waals surface area (Å²) >= 11 is 0. The van der Waals surface area contributed by atoms with Crippen molar-refractivity contribution in [2.75, 3.05) is 0 Å². The summed E-state index contributed by atoms with van der Waals surface area (Å²) in [5, 5.41) is 8.28. The molecule has 0 aromatic carbocycles. The van der Waals surface area contributed by atoms with E-state index in [0.29, 0.717) is 0 Å². The maximum Gasteiger partial charge on any atom is 0.0313 e. The summed E-state index contributed by atoms with van der Waals surface area (Å²) < 4.78 is 0. The van der Waals surface area contributed by atoms with Gasteiger partial charge in [0.1, 0.15) is 0 Å². The van der Waals surface area contributed by atoms with Gasteiger partial charge in [-0.05, 0) is 17.7 Å². The van der Waals surface area contributed by atoms with Gasteiger partial charge in [0.2, 0.25) is 0 Å². The molecule has 0 unspecified atom stereocenters. The van der Waals surface area contributed by atoms with Crippen molar-refractivity contribution in [1.82, 2.24) is 5.48 Å². The Bertz CT molecular complexity index is 196. The second kappa shape index (κ2) is 3.63. The van der Waals surface area contributed by atoms with Gasteiger partial charge in [-0.25, -0.2) is 0 Å². The molecule has 0 fully saturated rings. The Balaban J connectivity index is 2.72. The molecule has 2 N–H and O–H groups in total. The number of hydrogen-bond acceptors (Lipinski definition) is 3. The molecule has 0 aromatic heterocycles. The number of aliphatic imine (C=N–C) groups is 1. The molecule has 0 saturated carbocycles. The Labute approximate surface area is 59.0 Å². The summed E-state index contributed by atoms with van der Waals surface area (Å²) in [6.45, 7) is 0. The second-order valence-corrected chi connectivity index (χ2v) is 1.75. The van der Waals surface area contributed by atoms with E-state index in [-0.39, 0.29) is 0 Å². The highest BCUT2D eigenvalue weighted by Gasteiger charge is 1.84. The Kier molecular flexibility index (Phi) is 2.46. The molecule has 52 valence electrons. The quantitative estimate of drug-likeness (QED) is 0.528. The maximum atomic E-state index is 8.28. The lowest BCUT2D eigenvalue weighted by molar-refractivity contribution is 0.214. The summed E-state index contributed by atoms with van der Waals surface area (Å²) in [4.78, 5) is 3.86. The summed E-state index contributed by atoms with van der Waals surface area (Å²) in [5.74, 6) is 0. The highest BCUT2D eigenvalue weighted by Crippen LogP contribution is 1.99.